The first-order valence-corrected chi connectivity index (χ1v) is 9.98. The van der Waals surface area contributed by atoms with Gasteiger partial charge in [-0.1, -0.05) is 62.4 Å². The molecule has 1 amide bonds. The van der Waals surface area contributed by atoms with Crippen LogP contribution in [0.15, 0.2) is 78.9 Å². The van der Waals surface area contributed by atoms with Gasteiger partial charge in [0.05, 0.1) is 0 Å². The topological polar surface area (TPSA) is 50.4 Å². The molecule has 150 valence electrons. The molecule has 0 bridgehead atoms. The fourth-order valence-electron chi connectivity index (χ4n) is 2.94. The van der Waals surface area contributed by atoms with Crippen molar-refractivity contribution in [3.05, 3.63) is 90.0 Å². The van der Waals surface area contributed by atoms with Crippen LogP contribution in [0.25, 0.3) is 0 Å². The Bertz CT molecular complexity index is 906. The third-order valence-electron chi connectivity index (χ3n) is 4.41. The number of rotatable bonds is 9. The fourth-order valence-corrected chi connectivity index (χ4v) is 2.94. The van der Waals surface area contributed by atoms with Gasteiger partial charge in [-0.2, -0.15) is 0 Å². The molecule has 0 heterocycles. The molecule has 0 fully saturated rings. The maximum Gasteiger partial charge on any atom is 0.224 e. The van der Waals surface area contributed by atoms with Gasteiger partial charge in [0, 0.05) is 24.3 Å². The molecule has 0 aliphatic heterocycles. The molecule has 0 spiro atoms. The standard InChI is InChI=1S/C25H28N2O2/c1-19(2)15-25(28)27-23-10-6-9-22(16-23)26-17-20-11-13-24(14-12-20)29-18-21-7-4-3-5-8-21/h3-14,16,19,26H,15,17-18H2,1-2H3,(H,27,28). The molecule has 0 radical (unpaired) electrons. The van der Waals surface area contributed by atoms with Gasteiger partial charge < -0.3 is 15.4 Å². The summed E-state index contributed by atoms with van der Waals surface area (Å²) in [5, 5.41) is 6.35. The monoisotopic (exact) mass is 388 g/mol. The van der Waals surface area contributed by atoms with E-state index in [1.807, 2.05) is 68.4 Å². The van der Waals surface area contributed by atoms with E-state index in [-0.39, 0.29) is 5.91 Å². The molecule has 0 aromatic heterocycles. The van der Waals surface area contributed by atoms with Crippen molar-refractivity contribution in [2.75, 3.05) is 10.6 Å². The number of hydrogen-bond donors (Lipinski definition) is 2. The van der Waals surface area contributed by atoms with E-state index in [0.717, 1.165) is 28.3 Å². The first-order chi connectivity index (χ1) is 14.1. The van der Waals surface area contributed by atoms with Crippen molar-refractivity contribution in [2.24, 2.45) is 5.92 Å². The van der Waals surface area contributed by atoms with E-state index in [2.05, 4.69) is 34.9 Å². The van der Waals surface area contributed by atoms with E-state index in [9.17, 15) is 4.79 Å². The second-order valence-corrected chi connectivity index (χ2v) is 7.50. The average molecular weight is 389 g/mol. The zero-order valence-electron chi connectivity index (χ0n) is 17.0. The molecular formula is C25H28N2O2. The van der Waals surface area contributed by atoms with E-state index in [4.69, 9.17) is 4.74 Å². The number of ether oxygens (including phenoxy) is 1. The van der Waals surface area contributed by atoms with Gasteiger partial charge in [0.1, 0.15) is 12.4 Å². The fraction of sp³-hybridized carbons (Fsp3) is 0.240. The quantitative estimate of drug-likeness (QED) is 0.482. The van der Waals surface area contributed by atoms with Crippen molar-refractivity contribution in [2.45, 2.75) is 33.4 Å². The molecule has 3 aromatic rings. The molecule has 0 unspecified atom stereocenters. The lowest BCUT2D eigenvalue weighted by atomic mass is 10.1. The Balaban J connectivity index is 1.49. The summed E-state index contributed by atoms with van der Waals surface area (Å²) < 4.78 is 5.83. The summed E-state index contributed by atoms with van der Waals surface area (Å²) in [6.07, 6.45) is 0.524. The molecule has 0 saturated carbocycles. The van der Waals surface area contributed by atoms with Crippen molar-refractivity contribution in [3.8, 4) is 5.75 Å². The number of carbonyl (C=O) groups is 1. The molecule has 0 saturated heterocycles. The highest BCUT2D eigenvalue weighted by atomic mass is 16.5. The summed E-state index contributed by atoms with van der Waals surface area (Å²) in [6.45, 7) is 5.33. The Morgan fingerprint density at radius 3 is 2.31 bits per heavy atom. The lowest BCUT2D eigenvalue weighted by Crippen LogP contribution is -2.13. The van der Waals surface area contributed by atoms with E-state index in [0.29, 0.717) is 25.5 Å². The minimum atomic E-state index is 0.0447. The highest BCUT2D eigenvalue weighted by molar-refractivity contribution is 5.91. The number of anilines is 2. The highest BCUT2D eigenvalue weighted by Gasteiger charge is 2.05. The van der Waals surface area contributed by atoms with Gasteiger partial charge in [0.15, 0.2) is 0 Å². The van der Waals surface area contributed by atoms with Crippen molar-refractivity contribution in [1.82, 2.24) is 0 Å². The van der Waals surface area contributed by atoms with Gasteiger partial charge in [-0.25, -0.2) is 0 Å². The summed E-state index contributed by atoms with van der Waals surface area (Å²) in [5.74, 6) is 1.24. The van der Waals surface area contributed by atoms with E-state index in [1.54, 1.807) is 0 Å². The predicted octanol–water partition coefficient (Wildman–Crippen LogP) is 5.86. The normalized spacial score (nSPS) is 10.6. The molecule has 0 aliphatic rings. The van der Waals surface area contributed by atoms with Crippen molar-refractivity contribution < 1.29 is 9.53 Å². The molecule has 4 nitrogen and oxygen atoms in total. The largest absolute Gasteiger partial charge is 0.489 e. The van der Waals surface area contributed by atoms with Gasteiger partial charge in [-0.15, -0.1) is 0 Å². The molecule has 0 aliphatic carbocycles. The average Bonchev–Trinajstić information content (AvgIpc) is 2.72. The Kier molecular flexibility index (Phi) is 7.28. The summed E-state index contributed by atoms with van der Waals surface area (Å²) in [4.78, 5) is 11.9. The molecule has 4 heteroatoms. The minimum Gasteiger partial charge on any atom is -0.489 e. The maximum absolute atomic E-state index is 11.9. The van der Waals surface area contributed by atoms with E-state index in [1.165, 1.54) is 0 Å². The van der Waals surface area contributed by atoms with Crippen LogP contribution in [0.5, 0.6) is 5.75 Å². The van der Waals surface area contributed by atoms with Crippen LogP contribution in [0.1, 0.15) is 31.4 Å². The second-order valence-electron chi connectivity index (χ2n) is 7.50. The van der Waals surface area contributed by atoms with Gasteiger partial charge in [-0.05, 0) is 47.4 Å². The summed E-state index contributed by atoms with van der Waals surface area (Å²) in [7, 11) is 0. The molecule has 3 aromatic carbocycles. The van der Waals surface area contributed by atoms with Gasteiger partial charge in [-0.3, -0.25) is 4.79 Å². The molecule has 3 rings (SSSR count). The first kappa shape index (κ1) is 20.5. The van der Waals surface area contributed by atoms with E-state index >= 15 is 0 Å². The van der Waals surface area contributed by atoms with Crippen molar-refractivity contribution in [1.29, 1.82) is 0 Å². The highest BCUT2D eigenvalue weighted by Crippen LogP contribution is 2.18. The number of hydrogen-bond acceptors (Lipinski definition) is 3. The molecule has 2 N–H and O–H groups in total. The number of nitrogens with one attached hydrogen (secondary N) is 2. The molecule has 29 heavy (non-hydrogen) atoms. The van der Waals surface area contributed by atoms with Crippen LogP contribution in [0.2, 0.25) is 0 Å². The predicted molar refractivity (Wildman–Crippen MR) is 119 cm³/mol. The zero-order valence-corrected chi connectivity index (χ0v) is 17.0. The summed E-state index contributed by atoms with van der Waals surface area (Å²) >= 11 is 0. The smallest absolute Gasteiger partial charge is 0.224 e. The number of carbonyl (C=O) groups excluding carboxylic acids is 1. The first-order valence-electron chi connectivity index (χ1n) is 9.98. The lowest BCUT2D eigenvalue weighted by Gasteiger charge is -2.11. The van der Waals surface area contributed by atoms with Crippen molar-refractivity contribution in [3.63, 3.8) is 0 Å². The lowest BCUT2D eigenvalue weighted by molar-refractivity contribution is -0.116. The maximum atomic E-state index is 11.9. The van der Waals surface area contributed by atoms with Crippen LogP contribution in [-0.2, 0) is 17.9 Å². The van der Waals surface area contributed by atoms with Crippen LogP contribution in [0, 0.1) is 5.92 Å². The van der Waals surface area contributed by atoms with Crippen LogP contribution in [0.3, 0.4) is 0 Å². The Labute approximate surface area is 172 Å². The van der Waals surface area contributed by atoms with Crippen LogP contribution >= 0.6 is 0 Å². The van der Waals surface area contributed by atoms with Gasteiger partial charge >= 0.3 is 0 Å². The van der Waals surface area contributed by atoms with Gasteiger partial charge in [0.2, 0.25) is 5.91 Å². The molecular weight excluding hydrogens is 360 g/mol. The Hall–Kier alpha value is -3.27. The Morgan fingerprint density at radius 1 is 0.862 bits per heavy atom. The SMILES string of the molecule is CC(C)CC(=O)Nc1cccc(NCc2ccc(OCc3ccccc3)cc2)c1. The minimum absolute atomic E-state index is 0.0447. The second kappa shape index (κ2) is 10.3. The molecule has 0 atom stereocenters. The third-order valence-corrected chi connectivity index (χ3v) is 4.41. The number of benzene rings is 3. The van der Waals surface area contributed by atoms with Crippen LogP contribution in [-0.4, -0.2) is 5.91 Å². The zero-order chi connectivity index (χ0) is 20.5. The number of amides is 1. The van der Waals surface area contributed by atoms with Crippen LogP contribution < -0.4 is 15.4 Å². The van der Waals surface area contributed by atoms with Gasteiger partial charge in [0.25, 0.3) is 0 Å². The summed E-state index contributed by atoms with van der Waals surface area (Å²) in [5.41, 5.74) is 4.09. The van der Waals surface area contributed by atoms with Crippen LogP contribution in [0.4, 0.5) is 11.4 Å². The van der Waals surface area contributed by atoms with E-state index < -0.39 is 0 Å². The summed E-state index contributed by atoms with van der Waals surface area (Å²) in [6, 6.07) is 26.0. The third kappa shape index (κ3) is 7.00. The Morgan fingerprint density at radius 2 is 1.59 bits per heavy atom. The van der Waals surface area contributed by atoms with Crippen molar-refractivity contribution >= 4 is 17.3 Å².